The zero-order valence-electron chi connectivity index (χ0n) is 19.7. The van der Waals surface area contributed by atoms with Crippen molar-refractivity contribution in [2.45, 2.75) is 43.9 Å². The summed E-state index contributed by atoms with van der Waals surface area (Å²) in [6.07, 6.45) is 2.23. The molecule has 1 saturated heterocycles. The minimum Gasteiger partial charge on any atom is -0.465 e. The molecule has 1 aliphatic rings. The Morgan fingerprint density at radius 1 is 1.03 bits per heavy atom. The monoisotopic (exact) mass is 517 g/mol. The first-order chi connectivity index (χ1) is 16.7. The first kappa shape index (κ1) is 26.8. The van der Waals surface area contributed by atoms with Gasteiger partial charge in [-0.15, -0.1) is 0 Å². The molecule has 2 N–H and O–H groups in total. The predicted molar refractivity (Wildman–Crippen MR) is 138 cm³/mol. The fourth-order valence-electron chi connectivity index (χ4n) is 3.65. The smallest absolute Gasteiger partial charge is 0.306 e. The Balaban J connectivity index is 1.38. The second kappa shape index (κ2) is 12.8. The zero-order chi connectivity index (χ0) is 25.3. The molecule has 1 fully saturated rings. The quantitative estimate of drug-likeness (QED) is 0.388. The molecule has 0 spiro atoms. The summed E-state index contributed by atoms with van der Waals surface area (Å²) in [5.41, 5.74) is 1.61. The number of carbonyl (C=O) groups is 2. The maximum absolute atomic E-state index is 12.8. The van der Waals surface area contributed by atoms with Crippen molar-refractivity contribution in [2.24, 2.45) is 5.92 Å². The maximum Gasteiger partial charge on any atom is 0.306 e. The zero-order valence-corrected chi connectivity index (χ0v) is 21.4. The predicted octanol–water partition coefficient (Wildman–Crippen LogP) is 3.49. The van der Waals surface area contributed by atoms with Crippen LogP contribution in [0.5, 0.6) is 0 Å². The molecule has 8 nitrogen and oxygen atoms in total. The standard InChI is InChI=1S/C25H31N3O5S2/c1-19-13-16-28(17-14-19)35(31,32)22-9-7-21(8-10-22)26-25(34)27-23(29)11-12-24(30)33-18-15-20-5-3-2-4-6-20/h2-10,19H,11-18H2,1H3,(H2,26,27,29,34). The van der Waals surface area contributed by atoms with E-state index in [2.05, 4.69) is 17.6 Å². The third kappa shape index (κ3) is 8.41. The Morgan fingerprint density at radius 2 is 1.69 bits per heavy atom. The van der Waals surface area contributed by atoms with E-state index in [1.807, 2.05) is 30.3 Å². The number of amides is 1. The van der Waals surface area contributed by atoms with Gasteiger partial charge in [-0.1, -0.05) is 37.3 Å². The van der Waals surface area contributed by atoms with Crippen LogP contribution in [-0.2, 0) is 30.8 Å². The van der Waals surface area contributed by atoms with Crippen LogP contribution in [0.25, 0.3) is 0 Å². The molecule has 2 aromatic carbocycles. The van der Waals surface area contributed by atoms with Gasteiger partial charge in [0.25, 0.3) is 0 Å². The number of rotatable bonds is 9. The van der Waals surface area contributed by atoms with Crippen molar-refractivity contribution in [3.63, 3.8) is 0 Å². The van der Waals surface area contributed by atoms with E-state index in [0.29, 0.717) is 31.1 Å². The van der Waals surface area contributed by atoms with Gasteiger partial charge in [0.1, 0.15) is 0 Å². The summed E-state index contributed by atoms with van der Waals surface area (Å²) < 4.78 is 32.3. The SMILES string of the molecule is CC1CCN(S(=O)(=O)c2ccc(NC(=S)NC(=O)CCC(=O)OCCc3ccccc3)cc2)CC1. The summed E-state index contributed by atoms with van der Waals surface area (Å²) in [4.78, 5) is 24.2. The lowest BCUT2D eigenvalue weighted by atomic mass is 10.0. The van der Waals surface area contributed by atoms with Gasteiger partial charge in [0.15, 0.2) is 5.11 Å². The maximum atomic E-state index is 12.8. The van der Waals surface area contributed by atoms with Crippen LogP contribution in [0.2, 0.25) is 0 Å². The summed E-state index contributed by atoms with van der Waals surface area (Å²) in [6.45, 7) is 3.44. The van der Waals surface area contributed by atoms with Gasteiger partial charge in [-0.2, -0.15) is 4.31 Å². The van der Waals surface area contributed by atoms with Gasteiger partial charge in [-0.25, -0.2) is 8.42 Å². The summed E-state index contributed by atoms with van der Waals surface area (Å²) >= 11 is 5.15. The van der Waals surface area contributed by atoms with Crippen molar-refractivity contribution in [3.8, 4) is 0 Å². The Kier molecular flexibility index (Phi) is 9.76. The summed E-state index contributed by atoms with van der Waals surface area (Å²) in [5, 5.41) is 5.43. The van der Waals surface area contributed by atoms with Gasteiger partial charge < -0.3 is 15.4 Å². The summed E-state index contributed by atoms with van der Waals surface area (Å²) in [7, 11) is -3.53. The van der Waals surface area contributed by atoms with Gasteiger partial charge in [-0.05, 0) is 60.8 Å². The molecule has 0 aliphatic carbocycles. The second-order valence-corrected chi connectivity index (χ2v) is 10.9. The van der Waals surface area contributed by atoms with E-state index in [0.717, 1.165) is 18.4 Å². The average molecular weight is 518 g/mol. The molecular formula is C25H31N3O5S2. The highest BCUT2D eigenvalue weighted by Crippen LogP contribution is 2.24. The Morgan fingerprint density at radius 3 is 2.34 bits per heavy atom. The van der Waals surface area contributed by atoms with E-state index in [1.165, 1.54) is 16.4 Å². The van der Waals surface area contributed by atoms with Gasteiger partial charge in [0.2, 0.25) is 15.9 Å². The number of hydrogen-bond donors (Lipinski definition) is 2. The highest BCUT2D eigenvalue weighted by molar-refractivity contribution is 7.89. The van der Waals surface area contributed by atoms with Crippen molar-refractivity contribution in [1.82, 2.24) is 9.62 Å². The molecule has 3 rings (SSSR count). The number of thiocarbonyl (C=S) groups is 1. The van der Waals surface area contributed by atoms with Crippen molar-refractivity contribution in [1.29, 1.82) is 0 Å². The molecule has 0 saturated carbocycles. The topological polar surface area (TPSA) is 105 Å². The van der Waals surface area contributed by atoms with E-state index in [-0.39, 0.29) is 29.5 Å². The number of anilines is 1. The van der Waals surface area contributed by atoms with E-state index in [4.69, 9.17) is 17.0 Å². The van der Waals surface area contributed by atoms with Crippen LogP contribution in [0.15, 0.2) is 59.5 Å². The number of piperidine rings is 1. The number of carbonyl (C=O) groups excluding carboxylic acids is 2. The lowest BCUT2D eigenvalue weighted by molar-refractivity contribution is -0.144. The molecule has 0 bridgehead atoms. The number of esters is 1. The Bertz CT molecular complexity index is 1110. The first-order valence-corrected chi connectivity index (χ1v) is 13.5. The third-order valence-corrected chi connectivity index (χ3v) is 7.92. The molecule has 35 heavy (non-hydrogen) atoms. The molecule has 0 aromatic heterocycles. The van der Waals surface area contributed by atoms with Crippen LogP contribution < -0.4 is 10.6 Å². The van der Waals surface area contributed by atoms with Gasteiger partial charge in [0, 0.05) is 31.6 Å². The average Bonchev–Trinajstić information content (AvgIpc) is 2.84. The number of nitrogens with one attached hydrogen (secondary N) is 2. The molecule has 188 valence electrons. The molecule has 1 amide bonds. The number of ether oxygens (including phenoxy) is 1. The summed E-state index contributed by atoms with van der Waals surface area (Å²) in [5.74, 6) is -0.328. The molecule has 0 radical (unpaired) electrons. The van der Waals surface area contributed by atoms with Crippen molar-refractivity contribution in [2.75, 3.05) is 25.0 Å². The Labute approximate surface area is 212 Å². The molecular weight excluding hydrogens is 486 g/mol. The third-order valence-electron chi connectivity index (χ3n) is 5.80. The Hall–Kier alpha value is -2.82. The van der Waals surface area contributed by atoms with E-state index in [9.17, 15) is 18.0 Å². The number of benzene rings is 2. The van der Waals surface area contributed by atoms with Crippen molar-refractivity contribution >= 4 is 44.9 Å². The van der Waals surface area contributed by atoms with Crippen LogP contribution in [-0.4, -0.2) is 49.4 Å². The minimum atomic E-state index is -3.53. The van der Waals surface area contributed by atoms with E-state index >= 15 is 0 Å². The normalized spacial score (nSPS) is 14.8. The highest BCUT2D eigenvalue weighted by Gasteiger charge is 2.27. The van der Waals surface area contributed by atoms with Gasteiger partial charge in [0.05, 0.1) is 17.9 Å². The first-order valence-electron chi connectivity index (χ1n) is 11.6. The fourth-order valence-corrected chi connectivity index (χ4v) is 5.35. The number of nitrogens with zero attached hydrogens (tertiary/aromatic N) is 1. The van der Waals surface area contributed by atoms with Crippen LogP contribution >= 0.6 is 12.2 Å². The second-order valence-electron chi connectivity index (χ2n) is 8.57. The molecule has 0 unspecified atom stereocenters. The molecule has 1 heterocycles. The number of hydrogen-bond acceptors (Lipinski definition) is 6. The summed E-state index contributed by atoms with van der Waals surface area (Å²) in [6, 6.07) is 15.9. The largest absolute Gasteiger partial charge is 0.465 e. The molecule has 2 aromatic rings. The highest BCUT2D eigenvalue weighted by atomic mass is 32.2. The van der Waals surface area contributed by atoms with Crippen LogP contribution in [0.3, 0.4) is 0 Å². The lowest BCUT2D eigenvalue weighted by Gasteiger charge is -2.29. The molecule has 10 heteroatoms. The van der Waals surface area contributed by atoms with Gasteiger partial charge in [-0.3, -0.25) is 9.59 Å². The van der Waals surface area contributed by atoms with E-state index < -0.39 is 21.9 Å². The lowest BCUT2D eigenvalue weighted by Crippen LogP contribution is -2.37. The van der Waals surface area contributed by atoms with Gasteiger partial charge >= 0.3 is 5.97 Å². The van der Waals surface area contributed by atoms with Crippen molar-refractivity contribution in [3.05, 3.63) is 60.2 Å². The fraction of sp³-hybridized carbons (Fsp3) is 0.400. The minimum absolute atomic E-state index is 0.0505. The molecule has 1 aliphatic heterocycles. The van der Waals surface area contributed by atoms with Crippen LogP contribution in [0.1, 0.15) is 38.2 Å². The van der Waals surface area contributed by atoms with Crippen molar-refractivity contribution < 1.29 is 22.7 Å². The molecule has 0 atom stereocenters. The van der Waals surface area contributed by atoms with Crippen LogP contribution in [0.4, 0.5) is 5.69 Å². The van der Waals surface area contributed by atoms with Crippen LogP contribution in [0, 0.1) is 5.92 Å². The van der Waals surface area contributed by atoms with E-state index in [1.54, 1.807) is 12.1 Å². The number of sulfonamides is 1.